The largest absolute Gasteiger partial charge is 0.318 e. The summed E-state index contributed by atoms with van der Waals surface area (Å²) in [6.07, 6.45) is 7.20. The van der Waals surface area contributed by atoms with Gasteiger partial charge in [0.05, 0.1) is 30.0 Å². The highest BCUT2D eigenvalue weighted by Gasteiger charge is 2.34. The van der Waals surface area contributed by atoms with Crippen LogP contribution in [-0.4, -0.2) is 31.8 Å². The molecule has 0 bridgehead atoms. The summed E-state index contributed by atoms with van der Waals surface area (Å²) in [6.45, 7) is 3.32. The number of Topliss-reactive ketones (excluding diaryl/α,β-unsaturated/α-hetero) is 1. The molecule has 29 heavy (non-hydrogen) atoms. The van der Waals surface area contributed by atoms with Gasteiger partial charge in [-0.15, -0.1) is 0 Å². The number of fused-ring (bicyclic) bond motifs is 1. The van der Waals surface area contributed by atoms with Crippen molar-refractivity contribution in [3.05, 3.63) is 71.4 Å². The summed E-state index contributed by atoms with van der Waals surface area (Å²) in [4.78, 5) is 21.9. The highest BCUT2D eigenvalue weighted by Crippen LogP contribution is 2.41. The summed E-state index contributed by atoms with van der Waals surface area (Å²) in [6, 6.07) is 18.8. The third-order valence-electron chi connectivity index (χ3n) is 6.53. The number of para-hydroxylation sites is 2. The lowest BCUT2D eigenvalue weighted by atomic mass is 9.81. The van der Waals surface area contributed by atoms with Crippen molar-refractivity contribution < 1.29 is 9.69 Å². The van der Waals surface area contributed by atoms with Crippen LogP contribution in [0.1, 0.15) is 43.6 Å². The topological polar surface area (TPSA) is 37.1 Å². The number of likely N-dealkylation sites (tertiary alicyclic amines) is 1. The lowest BCUT2D eigenvalue weighted by Crippen LogP contribution is -3.14. The number of nitrogens with one attached hydrogen (secondary N) is 1. The lowest BCUT2D eigenvalue weighted by Gasteiger charge is -2.36. The molecule has 2 heterocycles. The zero-order valence-corrected chi connectivity index (χ0v) is 16.8. The number of benzene rings is 2. The molecule has 0 spiro atoms. The van der Waals surface area contributed by atoms with Crippen LogP contribution in [0.5, 0.6) is 0 Å². The van der Waals surface area contributed by atoms with E-state index in [0.29, 0.717) is 6.42 Å². The normalized spacial score (nSPS) is 22.3. The minimum Gasteiger partial charge on any atom is -0.318 e. The Morgan fingerprint density at radius 1 is 0.931 bits per heavy atom. The Balaban J connectivity index is 1.55. The molecule has 0 saturated carbocycles. The molecule has 5 rings (SSSR count). The summed E-state index contributed by atoms with van der Waals surface area (Å²) in [5.74, 6) is 0.454. The number of anilines is 1. The Kier molecular flexibility index (Phi) is 5.03. The third kappa shape index (κ3) is 3.65. The summed E-state index contributed by atoms with van der Waals surface area (Å²) >= 11 is 0. The molecule has 1 N–H and O–H groups in total. The first-order valence-electron chi connectivity index (χ1n) is 10.8. The fourth-order valence-electron chi connectivity index (χ4n) is 4.97. The Morgan fingerprint density at radius 3 is 2.52 bits per heavy atom. The van der Waals surface area contributed by atoms with Crippen LogP contribution in [0.15, 0.2) is 70.9 Å². The van der Waals surface area contributed by atoms with Crippen molar-refractivity contribution in [2.75, 3.05) is 24.7 Å². The maximum Gasteiger partial charge on any atom is 0.166 e. The number of rotatable bonds is 3. The zero-order chi connectivity index (χ0) is 19.6. The van der Waals surface area contributed by atoms with Crippen LogP contribution in [0.4, 0.5) is 11.4 Å². The monoisotopic (exact) mass is 386 g/mol. The van der Waals surface area contributed by atoms with Crippen molar-refractivity contribution >= 4 is 23.4 Å². The first kappa shape index (κ1) is 18.3. The Bertz CT molecular complexity index is 957. The number of carbonyl (C=O) groups excluding carboxylic acids is 1. The summed E-state index contributed by atoms with van der Waals surface area (Å²) in [7, 11) is 0. The molecule has 2 aromatic rings. The fraction of sp³-hybridized carbons (Fsp3) is 0.360. The van der Waals surface area contributed by atoms with Gasteiger partial charge in [0.1, 0.15) is 0 Å². The van der Waals surface area contributed by atoms with Gasteiger partial charge < -0.3 is 4.90 Å². The van der Waals surface area contributed by atoms with E-state index in [4.69, 9.17) is 4.99 Å². The average molecular weight is 387 g/mol. The van der Waals surface area contributed by atoms with Crippen molar-refractivity contribution in [3.63, 3.8) is 0 Å². The fourth-order valence-corrected chi connectivity index (χ4v) is 4.97. The second-order valence-corrected chi connectivity index (χ2v) is 8.44. The number of piperidine rings is 1. The molecule has 1 aliphatic carbocycles. The maximum absolute atomic E-state index is 13.2. The summed E-state index contributed by atoms with van der Waals surface area (Å²) < 4.78 is 0. The number of quaternary nitrogens is 1. The van der Waals surface area contributed by atoms with Gasteiger partial charge in [-0.25, -0.2) is 0 Å². The minimum atomic E-state index is 0.218. The van der Waals surface area contributed by atoms with Crippen LogP contribution >= 0.6 is 0 Å². The van der Waals surface area contributed by atoms with Crippen molar-refractivity contribution in [3.8, 4) is 0 Å². The predicted octanol–water partition coefficient (Wildman–Crippen LogP) is 3.64. The van der Waals surface area contributed by atoms with E-state index in [2.05, 4.69) is 47.4 Å². The number of hydrogen-bond donors (Lipinski definition) is 1. The maximum atomic E-state index is 13.2. The van der Waals surface area contributed by atoms with Gasteiger partial charge in [-0.2, -0.15) is 0 Å². The molecule has 148 valence electrons. The molecule has 2 aliphatic heterocycles. The Morgan fingerprint density at radius 2 is 1.69 bits per heavy atom. The van der Waals surface area contributed by atoms with E-state index in [-0.39, 0.29) is 11.7 Å². The first-order chi connectivity index (χ1) is 14.3. The third-order valence-corrected chi connectivity index (χ3v) is 6.53. The molecule has 4 heteroatoms. The molecule has 4 nitrogen and oxygen atoms in total. The van der Waals surface area contributed by atoms with Crippen molar-refractivity contribution in [1.82, 2.24) is 0 Å². The van der Waals surface area contributed by atoms with Crippen LogP contribution in [0.2, 0.25) is 0 Å². The van der Waals surface area contributed by atoms with Gasteiger partial charge in [-0.3, -0.25) is 14.7 Å². The summed E-state index contributed by atoms with van der Waals surface area (Å²) in [5.41, 5.74) is 5.31. The smallest absolute Gasteiger partial charge is 0.166 e. The van der Waals surface area contributed by atoms with Gasteiger partial charge in [-0.05, 0) is 49.3 Å². The van der Waals surface area contributed by atoms with Crippen molar-refractivity contribution in [2.45, 2.75) is 38.0 Å². The van der Waals surface area contributed by atoms with Gasteiger partial charge in [0.2, 0.25) is 0 Å². The van der Waals surface area contributed by atoms with E-state index in [0.717, 1.165) is 35.7 Å². The van der Waals surface area contributed by atoms with Crippen LogP contribution in [0.25, 0.3) is 0 Å². The van der Waals surface area contributed by atoms with E-state index >= 15 is 0 Å². The van der Waals surface area contributed by atoms with Crippen LogP contribution in [0.3, 0.4) is 0 Å². The number of ketones is 1. The SMILES string of the molecule is O=C1C[C@H](c2ccccc2)CC2=C1C=Nc1ccccc1N2C[NH+]1CCCCC1. The molecule has 0 radical (unpaired) electrons. The van der Waals surface area contributed by atoms with Gasteiger partial charge >= 0.3 is 0 Å². The first-order valence-corrected chi connectivity index (χ1v) is 10.8. The number of carbonyl (C=O) groups is 1. The molecule has 1 fully saturated rings. The van der Waals surface area contributed by atoms with Gasteiger partial charge in [-0.1, -0.05) is 42.5 Å². The molecule has 0 unspecified atom stereocenters. The highest BCUT2D eigenvalue weighted by atomic mass is 16.1. The van der Waals surface area contributed by atoms with Crippen LogP contribution < -0.4 is 9.80 Å². The van der Waals surface area contributed by atoms with Crippen LogP contribution in [0, 0.1) is 0 Å². The molecule has 3 aliphatic rings. The second kappa shape index (κ2) is 7.96. The number of allylic oxidation sites excluding steroid dienone is 2. The van der Waals surface area contributed by atoms with Gasteiger partial charge in [0.25, 0.3) is 0 Å². The van der Waals surface area contributed by atoms with Crippen molar-refractivity contribution in [2.24, 2.45) is 4.99 Å². The number of nitrogens with zero attached hydrogens (tertiary/aromatic N) is 2. The Hall–Kier alpha value is -2.72. The number of aliphatic imine (C=N–C) groups is 1. The van der Waals surface area contributed by atoms with Crippen LogP contribution in [-0.2, 0) is 4.79 Å². The molecular formula is C25H28N3O+. The van der Waals surface area contributed by atoms with E-state index in [1.54, 1.807) is 4.90 Å². The van der Waals surface area contributed by atoms with E-state index in [1.807, 2.05) is 18.3 Å². The van der Waals surface area contributed by atoms with E-state index in [1.165, 1.54) is 37.9 Å². The minimum absolute atomic E-state index is 0.218. The average Bonchev–Trinajstić information content (AvgIpc) is 2.93. The van der Waals surface area contributed by atoms with Gasteiger partial charge in [0, 0.05) is 18.3 Å². The molecule has 0 aromatic heterocycles. The van der Waals surface area contributed by atoms with Gasteiger partial charge in [0.15, 0.2) is 12.5 Å². The molecule has 2 aromatic carbocycles. The molecule has 0 amide bonds. The van der Waals surface area contributed by atoms with E-state index in [9.17, 15) is 4.79 Å². The highest BCUT2D eigenvalue weighted by molar-refractivity contribution is 6.16. The molecule has 1 saturated heterocycles. The lowest BCUT2D eigenvalue weighted by molar-refractivity contribution is -0.903. The quantitative estimate of drug-likeness (QED) is 0.875. The predicted molar refractivity (Wildman–Crippen MR) is 117 cm³/mol. The Labute approximate surface area is 172 Å². The number of hydrogen-bond acceptors (Lipinski definition) is 3. The zero-order valence-electron chi connectivity index (χ0n) is 16.8. The molecular weight excluding hydrogens is 358 g/mol. The summed E-state index contributed by atoms with van der Waals surface area (Å²) in [5, 5.41) is 0. The second-order valence-electron chi connectivity index (χ2n) is 8.44. The molecule has 1 atom stereocenters. The van der Waals surface area contributed by atoms with Crippen molar-refractivity contribution in [1.29, 1.82) is 0 Å². The van der Waals surface area contributed by atoms with E-state index < -0.39 is 0 Å². The standard InChI is InChI=1S/C25H27N3O/c29-25-16-20(19-9-3-1-4-10-19)15-24-21(25)17-26-22-11-5-6-12-23(22)28(24)18-27-13-7-2-8-14-27/h1,3-6,9-12,17,20H,2,7-8,13-16,18H2/p+1/t20-/m1/s1.